The smallest absolute Gasteiger partial charge is 0.188 e. The van der Waals surface area contributed by atoms with Gasteiger partial charge in [-0.1, -0.05) is 13.8 Å². The summed E-state index contributed by atoms with van der Waals surface area (Å²) in [5.41, 5.74) is 6.88. The van der Waals surface area contributed by atoms with Crippen molar-refractivity contribution >= 4 is 41.3 Å². The minimum atomic E-state index is 0. The van der Waals surface area contributed by atoms with E-state index in [1.807, 2.05) is 0 Å². The van der Waals surface area contributed by atoms with Crippen molar-refractivity contribution in [3.8, 4) is 0 Å². The van der Waals surface area contributed by atoms with Crippen LogP contribution in [-0.4, -0.2) is 55.2 Å². The Kier molecular flexibility index (Phi) is 10.00. The monoisotopic (exact) mass is 453 g/mol. The van der Waals surface area contributed by atoms with Gasteiger partial charge in [-0.05, 0) is 13.0 Å². The first kappa shape index (κ1) is 20.6. The molecule has 1 aromatic heterocycles. The average molecular weight is 453 g/mol. The molecule has 0 aliphatic carbocycles. The number of morpholine rings is 1. The molecule has 3 N–H and O–H groups in total. The Morgan fingerprint density at radius 1 is 1.48 bits per heavy atom. The van der Waals surface area contributed by atoms with Gasteiger partial charge in [-0.3, -0.25) is 4.90 Å². The van der Waals surface area contributed by atoms with E-state index < -0.39 is 0 Å². The first-order valence-electron chi connectivity index (χ1n) is 7.93. The molecule has 8 heteroatoms. The molecule has 1 fully saturated rings. The van der Waals surface area contributed by atoms with Crippen molar-refractivity contribution < 1.29 is 4.74 Å². The summed E-state index contributed by atoms with van der Waals surface area (Å²) in [6.45, 7) is 10.5. The van der Waals surface area contributed by atoms with Crippen LogP contribution in [0.3, 0.4) is 0 Å². The van der Waals surface area contributed by atoms with Crippen LogP contribution in [0.15, 0.2) is 10.4 Å². The number of thiazole rings is 1. The molecule has 1 saturated heterocycles. The predicted octanol–water partition coefficient (Wildman–Crippen LogP) is 2.01. The van der Waals surface area contributed by atoms with Crippen molar-refractivity contribution in [1.29, 1.82) is 0 Å². The van der Waals surface area contributed by atoms with Gasteiger partial charge in [0, 0.05) is 30.9 Å². The summed E-state index contributed by atoms with van der Waals surface area (Å²) in [6.07, 6.45) is 1.06. The molecule has 1 aliphatic heterocycles. The topological polar surface area (TPSA) is 75.8 Å². The quantitative estimate of drug-likeness (QED) is 0.286. The SMILES string of the molecule is CC(C)c1nc(CN=C(N)NCCCN2CCOCC2)cs1.I. The van der Waals surface area contributed by atoms with Gasteiger partial charge < -0.3 is 15.8 Å². The van der Waals surface area contributed by atoms with Gasteiger partial charge in [-0.2, -0.15) is 0 Å². The number of guanidine groups is 1. The summed E-state index contributed by atoms with van der Waals surface area (Å²) < 4.78 is 5.33. The second-order valence-corrected chi connectivity index (χ2v) is 6.66. The second-order valence-electron chi connectivity index (χ2n) is 5.77. The van der Waals surface area contributed by atoms with E-state index in [0.717, 1.165) is 56.5 Å². The van der Waals surface area contributed by atoms with Gasteiger partial charge in [0.2, 0.25) is 0 Å². The standard InChI is InChI=1S/C15H27N5OS.HI/c1-12(2)14-19-13(11-22-14)10-18-15(16)17-4-3-5-20-6-8-21-9-7-20;/h11-12H,3-10H2,1-2H3,(H3,16,17,18);1H. The molecule has 0 saturated carbocycles. The molecule has 6 nitrogen and oxygen atoms in total. The van der Waals surface area contributed by atoms with Crippen LogP contribution in [0.2, 0.25) is 0 Å². The van der Waals surface area contributed by atoms with Gasteiger partial charge in [0.05, 0.1) is 30.5 Å². The zero-order chi connectivity index (χ0) is 15.8. The van der Waals surface area contributed by atoms with Crippen LogP contribution in [-0.2, 0) is 11.3 Å². The minimum absolute atomic E-state index is 0. The highest BCUT2D eigenvalue weighted by molar-refractivity contribution is 14.0. The van der Waals surface area contributed by atoms with E-state index >= 15 is 0 Å². The van der Waals surface area contributed by atoms with E-state index in [-0.39, 0.29) is 24.0 Å². The largest absolute Gasteiger partial charge is 0.379 e. The van der Waals surface area contributed by atoms with E-state index in [0.29, 0.717) is 18.4 Å². The number of aromatic nitrogens is 1. The molecular weight excluding hydrogens is 425 g/mol. The van der Waals surface area contributed by atoms with Crippen LogP contribution in [0.5, 0.6) is 0 Å². The number of nitrogens with one attached hydrogen (secondary N) is 1. The normalized spacial score (nSPS) is 16.4. The molecule has 0 aromatic carbocycles. The van der Waals surface area contributed by atoms with Crippen molar-refractivity contribution in [2.45, 2.75) is 32.7 Å². The fraction of sp³-hybridized carbons (Fsp3) is 0.733. The average Bonchev–Trinajstić information content (AvgIpc) is 3.00. The van der Waals surface area contributed by atoms with E-state index in [9.17, 15) is 0 Å². The summed E-state index contributed by atoms with van der Waals surface area (Å²) in [4.78, 5) is 11.3. The maximum absolute atomic E-state index is 5.89. The minimum Gasteiger partial charge on any atom is -0.379 e. The van der Waals surface area contributed by atoms with Crippen LogP contribution >= 0.6 is 35.3 Å². The van der Waals surface area contributed by atoms with Crippen LogP contribution in [0, 0.1) is 0 Å². The number of nitrogens with two attached hydrogens (primary N) is 1. The summed E-state index contributed by atoms with van der Waals surface area (Å²) in [7, 11) is 0. The lowest BCUT2D eigenvalue weighted by Gasteiger charge is -2.26. The molecule has 132 valence electrons. The van der Waals surface area contributed by atoms with Gasteiger partial charge in [0.1, 0.15) is 0 Å². The highest BCUT2D eigenvalue weighted by Gasteiger charge is 2.09. The molecular formula is C15H28IN5OS. The maximum atomic E-state index is 5.89. The summed E-state index contributed by atoms with van der Waals surface area (Å²) >= 11 is 1.69. The number of aliphatic imine (C=N–C) groups is 1. The van der Waals surface area contributed by atoms with Crippen molar-refractivity contribution in [3.05, 3.63) is 16.1 Å². The predicted molar refractivity (Wildman–Crippen MR) is 107 cm³/mol. The summed E-state index contributed by atoms with van der Waals surface area (Å²) in [5, 5.41) is 6.38. The molecule has 2 heterocycles. The van der Waals surface area contributed by atoms with Crippen LogP contribution < -0.4 is 11.1 Å². The lowest BCUT2D eigenvalue weighted by Crippen LogP contribution is -2.39. The number of nitrogens with zero attached hydrogens (tertiary/aromatic N) is 3. The van der Waals surface area contributed by atoms with Crippen molar-refractivity contribution in [2.75, 3.05) is 39.4 Å². The molecule has 1 aliphatic rings. The molecule has 0 bridgehead atoms. The Balaban J connectivity index is 0.00000264. The third-order valence-electron chi connectivity index (χ3n) is 3.54. The van der Waals surface area contributed by atoms with E-state index in [2.05, 4.69) is 39.4 Å². The van der Waals surface area contributed by atoms with Crippen LogP contribution in [0.4, 0.5) is 0 Å². The van der Waals surface area contributed by atoms with E-state index in [1.165, 1.54) is 0 Å². The third-order valence-corrected chi connectivity index (χ3v) is 4.73. The van der Waals surface area contributed by atoms with Gasteiger partial charge in [-0.25, -0.2) is 9.98 Å². The van der Waals surface area contributed by atoms with E-state index in [4.69, 9.17) is 10.5 Å². The fourth-order valence-corrected chi connectivity index (χ4v) is 3.05. The van der Waals surface area contributed by atoms with Crippen molar-refractivity contribution in [2.24, 2.45) is 10.7 Å². The van der Waals surface area contributed by atoms with Crippen molar-refractivity contribution in [3.63, 3.8) is 0 Å². The Labute approximate surface area is 159 Å². The highest BCUT2D eigenvalue weighted by atomic mass is 127. The molecule has 0 spiro atoms. The Morgan fingerprint density at radius 3 is 2.87 bits per heavy atom. The Morgan fingerprint density at radius 2 is 2.22 bits per heavy atom. The molecule has 0 unspecified atom stereocenters. The van der Waals surface area contributed by atoms with Gasteiger partial charge in [0.15, 0.2) is 5.96 Å². The number of halogens is 1. The molecule has 2 rings (SSSR count). The first-order valence-corrected chi connectivity index (χ1v) is 8.81. The van der Waals surface area contributed by atoms with Gasteiger partial charge >= 0.3 is 0 Å². The number of hydrogen-bond acceptors (Lipinski definition) is 5. The first-order chi connectivity index (χ1) is 10.6. The molecule has 0 amide bonds. The highest BCUT2D eigenvalue weighted by Crippen LogP contribution is 2.19. The number of ether oxygens (including phenoxy) is 1. The van der Waals surface area contributed by atoms with Crippen LogP contribution in [0.1, 0.15) is 36.9 Å². The lowest BCUT2D eigenvalue weighted by atomic mass is 10.2. The maximum Gasteiger partial charge on any atom is 0.188 e. The summed E-state index contributed by atoms with van der Waals surface area (Å²) in [5.74, 6) is 0.972. The lowest BCUT2D eigenvalue weighted by molar-refractivity contribution is 0.0376. The van der Waals surface area contributed by atoms with E-state index in [1.54, 1.807) is 11.3 Å². The molecule has 0 atom stereocenters. The van der Waals surface area contributed by atoms with Gasteiger partial charge in [-0.15, -0.1) is 35.3 Å². The molecule has 1 aromatic rings. The molecule has 23 heavy (non-hydrogen) atoms. The fourth-order valence-electron chi connectivity index (χ4n) is 2.23. The Hall–Kier alpha value is -0.450. The number of rotatable bonds is 7. The summed E-state index contributed by atoms with van der Waals surface area (Å²) in [6, 6.07) is 0. The Bertz CT molecular complexity index is 474. The zero-order valence-corrected chi connectivity index (χ0v) is 17.1. The second kappa shape index (κ2) is 11.2. The van der Waals surface area contributed by atoms with Crippen molar-refractivity contribution in [1.82, 2.24) is 15.2 Å². The van der Waals surface area contributed by atoms with Crippen LogP contribution in [0.25, 0.3) is 0 Å². The zero-order valence-electron chi connectivity index (χ0n) is 14.0. The molecule has 0 radical (unpaired) electrons. The third kappa shape index (κ3) is 7.77. The van der Waals surface area contributed by atoms with Gasteiger partial charge in [0.25, 0.3) is 0 Å². The number of hydrogen-bond donors (Lipinski definition) is 2.